The summed E-state index contributed by atoms with van der Waals surface area (Å²) in [7, 11) is -3.94. The van der Waals surface area contributed by atoms with Crippen LogP contribution >= 0.6 is 0 Å². The van der Waals surface area contributed by atoms with Crippen LogP contribution in [0.25, 0.3) is 0 Å². The number of aryl methyl sites for hydroxylation is 1. The molecule has 0 bridgehead atoms. The van der Waals surface area contributed by atoms with Gasteiger partial charge in [0, 0.05) is 51.4 Å². The molecule has 2 aliphatic rings. The van der Waals surface area contributed by atoms with Crippen molar-refractivity contribution in [1.82, 2.24) is 14.1 Å². The molecule has 36 heavy (non-hydrogen) atoms. The Morgan fingerprint density at radius 1 is 1.08 bits per heavy atom. The number of morpholine rings is 2. The summed E-state index contributed by atoms with van der Waals surface area (Å²) < 4.78 is 66.7. The van der Waals surface area contributed by atoms with Crippen LogP contribution in [-0.4, -0.2) is 100 Å². The minimum Gasteiger partial charge on any atom is -0.379 e. The summed E-state index contributed by atoms with van der Waals surface area (Å²) in [5.41, 5.74) is 0.577. The molecule has 2 heterocycles. The zero-order chi connectivity index (χ0) is 25.7. The average molecular weight is 524 g/mol. The quantitative estimate of drug-likeness (QED) is 0.528. The van der Waals surface area contributed by atoms with E-state index in [2.05, 4.69) is 4.90 Å². The highest BCUT2D eigenvalue weighted by Gasteiger charge is 2.33. The van der Waals surface area contributed by atoms with Gasteiger partial charge in [-0.05, 0) is 42.8 Å². The van der Waals surface area contributed by atoms with Crippen molar-refractivity contribution in [2.75, 3.05) is 65.6 Å². The minimum absolute atomic E-state index is 0.0162. The summed E-state index contributed by atoms with van der Waals surface area (Å²) in [6, 6.07) is 9.35. The first-order chi connectivity index (χ1) is 17.2. The van der Waals surface area contributed by atoms with Crippen molar-refractivity contribution in [2.45, 2.75) is 17.9 Å². The third kappa shape index (κ3) is 6.46. The Bertz CT molecular complexity index is 1170. The highest BCUT2D eigenvalue weighted by atomic mass is 32.2. The molecule has 0 radical (unpaired) electrons. The molecule has 0 spiro atoms. The molecule has 8 nitrogen and oxygen atoms in total. The van der Waals surface area contributed by atoms with Gasteiger partial charge in [-0.2, -0.15) is 4.31 Å². The summed E-state index contributed by atoms with van der Waals surface area (Å²) in [5, 5.41) is 0. The predicted octanol–water partition coefficient (Wildman–Crippen LogP) is 2.14. The Kier molecular flexibility index (Phi) is 8.68. The minimum atomic E-state index is -3.94. The monoisotopic (exact) mass is 523 g/mol. The number of sulfonamides is 1. The normalized spacial score (nSPS) is 19.8. The first-order valence-electron chi connectivity index (χ1n) is 12.0. The summed E-state index contributed by atoms with van der Waals surface area (Å²) in [6.45, 7) is 5.69. The first kappa shape index (κ1) is 26.6. The van der Waals surface area contributed by atoms with E-state index in [1.165, 1.54) is 34.6 Å². The Hall–Kier alpha value is -2.44. The number of carbonyl (C=O) groups excluding carboxylic acids is 1. The third-order valence-corrected chi connectivity index (χ3v) is 8.32. The van der Waals surface area contributed by atoms with E-state index in [0.29, 0.717) is 31.9 Å². The molecule has 0 N–H and O–H groups in total. The Morgan fingerprint density at radius 2 is 1.86 bits per heavy atom. The SMILES string of the molecule is Cc1ccc(S(=O)(=O)N2CCOC(CN(CCN3CCOCC3)C(=O)c3cccc(F)c3)C2)cc1F. The molecule has 2 saturated heterocycles. The second kappa shape index (κ2) is 11.7. The molecule has 2 aromatic carbocycles. The van der Waals surface area contributed by atoms with Crippen LogP contribution in [0.1, 0.15) is 15.9 Å². The third-order valence-electron chi connectivity index (χ3n) is 6.46. The Balaban J connectivity index is 1.48. The second-order valence-electron chi connectivity index (χ2n) is 8.98. The first-order valence-corrected chi connectivity index (χ1v) is 13.4. The van der Waals surface area contributed by atoms with Gasteiger partial charge in [-0.3, -0.25) is 9.69 Å². The maximum atomic E-state index is 14.1. The topological polar surface area (TPSA) is 79.4 Å². The highest BCUT2D eigenvalue weighted by molar-refractivity contribution is 7.89. The van der Waals surface area contributed by atoms with Crippen LogP contribution in [0.15, 0.2) is 47.4 Å². The summed E-state index contributed by atoms with van der Waals surface area (Å²) >= 11 is 0. The van der Waals surface area contributed by atoms with Crippen LogP contribution in [-0.2, 0) is 19.5 Å². The van der Waals surface area contributed by atoms with Crippen LogP contribution in [0.3, 0.4) is 0 Å². The van der Waals surface area contributed by atoms with Crippen LogP contribution in [0, 0.1) is 18.6 Å². The molecule has 1 unspecified atom stereocenters. The van der Waals surface area contributed by atoms with Crippen molar-refractivity contribution in [3.8, 4) is 0 Å². The molecule has 2 fully saturated rings. The van der Waals surface area contributed by atoms with Gasteiger partial charge in [0.25, 0.3) is 5.91 Å². The van der Waals surface area contributed by atoms with Gasteiger partial charge in [0.2, 0.25) is 10.0 Å². The molecule has 2 aromatic rings. The van der Waals surface area contributed by atoms with E-state index in [1.807, 2.05) is 0 Å². The zero-order valence-corrected chi connectivity index (χ0v) is 21.1. The van der Waals surface area contributed by atoms with Gasteiger partial charge >= 0.3 is 0 Å². The highest BCUT2D eigenvalue weighted by Crippen LogP contribution is 2.22. The fraction of sp³-hybridized carbons (Fsp3) is 0.480. The number of ether oxygens (including phenoxy) is 2. The molecule has 1 atom stereocenters. The molecule has 4 rings (SSSR count). The lowest BCUT2D eigenvalue weighted by Crippen LogP contribution is -2.51. The molecular weight excluding hydrogens is 492 g/mol. The molecular formula is C25H31F2N3O5S. The van der Waals surface area contributed by atoms with Gasteiger partial charge in [-0.25, -0.2) is 17.2 Å². The standard InChI is InChI=1S/C25H31F2N3O5S/c1-19-5-6-23(16-24(19)27)36(32,33)30-11-14-35-22(18-30)17-29(8-7-28-9-12-34-13-10-28)25(31)20-3-2-4-21(26)15-20/h2-6,15-16,22H,7-14,17-18H2,1H3. The van der Waals surface area contributed by atoms with Gasteiger partial charge < -0.3 is 14.4 Å². The van der Waals surface area contributed by atoms with Gasteiger partial charge in [0.1, 0.15) is 11.6 Å². The summed E-state index contributed by atoms with van der Waals surface area (Å²) in [5.74, 6) is -1.45. The van der Waals surface area contributed by atoms with Crippen molar-refractivity contribution < 1.29 is 31.5 Å². The fourth-order valence-corrected chi connectivity index (χ4v) is 5.78. The number of nitrogens with zero attached hydrogens (tertiary/aromatic N) is 3. The number of amides is 1. The molecule has 1 amide bonds. The van der Waals surface area contributed by atoms with Gasteiger partial charge in [-0.15, -0.1) is 0 Å². The van der Waals surface area contributed by atoms with E-state index in [0.717, 1.165) is 19.2 Å². The fourth-order valence-electron chi connectivity index (χ4n) is 4.32. The van der Waals surface area contributed by atoms with Crippen LogP contribution in [0.2, 0.25) is 0 Å². The van der Waals surface area contributed by atoms with E-state index >= 15 is 0 Å². The maximum absolute atomic E-state index is 14.1. The average Bonchev–Trinajstić information content (AvgIpc) is 2.88. The smallest absolute Gasteiger partial charge is 0.254 e. The van der Waals surface area contributed by atoms with Crippen molar-refractivity contribution in [3.63, 3.8) is 0 Å². The lowest BCUT2D eigenvalue weighted by atomic mass is 10.1. The van der Waals surface area contributed by atoms with E-state index in [9.17, 15) is 22.0 Å². The molecule has 0 aliphatic carbocycles. The number of hydrogen-bond donors (Lipinski definition) is 0. The number of hydrogen-bond acceptors (Lipinski definition) is 6. The van der Waals surface area contributed by atoms with Crippen molar-refractivity contribution in [3.05, 3.63) is 65.2 Å². The van der Waals surface area contributed by atoms with E-state index < -0.39 is 27.8 Å². The number of rotatable bonds is 8. The van der Waals surface area contributed by atoms with Crippen molar-refractivity contribution in [1.29, 1.82) is 0 Å². The maximum Gasteiger partial charge on any atom is 0.254 e. The van der Waals surface area contributed by atoms with E-state index in [4.69, 9.17) is 9.47 Å². The lowest BCUT2D eigenvalue weighted by Gasteiger charge is -2.36. The second-order valence-corrected chi connectivity index (χ2v) is 10.9. The van der Waals surface area contributed by atoms with Crippen LogP contribution in [0.4, 0.5) is 8.78 Å². The van der Waals surface area contributed by atoms with Crippen molar-refractivity contribution in [2.24, 2.45) is 0 Å². The van der Waals surface area contributed by atoms with E-state index in [-0.39, 0.29) is 42.6 Å². The molecule has 0 saturated carbocycles. The number of benzene rings is 2. The van der Waals surface area contributed by atoms with E-state index in [1.54, 1.807) is 17.9 Å². The Morgan fingerprint density at radius 3 is 2.58 bits per heavy atom. The molecule has 2 aliphatic heterocycles. The predicted molar refractivity (Wildman–Crippen MR) is 129 cm³/mol. The van der Waals surface area contributed by atoms with Crippen LogP contribution < -0.4 is 0 Å². The van der Waals surface area contributed by atoms with Gasteiger partial charge in [0.05, 0.1) is 30.8 Å². The zero-order valence-electron chi connectivity index (χ0n) is 20.2. The molecule has 11 heteroatoms. The van der Waals surface area contributed by atoms with Gasteiger partial charge in [0.15, 0.2) is 0 Å². The lowest BCUT2D eigenvalue weighted by molar-refractivity contribution is -0.0200. The number of halogens is 2. The summed E-state index contributed by atoms with van der Waals surface area (Å²) in [4.78, 5) is 16.9. The Labute approximate surface area is 210 Å². The van der Waals surface area contributed by atoms with Crippen LogP contribution in [0.5, 0.6) is 0 Å². The molecule has 196 valence electrons. The van der Waals surface area contributed by atoms with Gasteiger partial charge in [-0.1, -0.05) is 12.1 Å². The summed E-state index contributed by atoms with van der Waals surface area (Å²) in [6.07, 6.45) is -0.592. The van der Waals surface area contributed by atoms with Crippen molar-refractivity contribution >= 4 is 15.9 Å². The largest absolute Gasteiger partial charge is 0.379 e. The molecule has 0 aromatic heterocycles. The number of carbonyl (C=O) groups is 1.